The molecule has 9 nitrogen and oxygen atoms in total. The number of ketones is 1. The van der Waals surface area contributed by atoms with Crippen LogP contribution in [0, 0.1) is 5.41 Å². The lowest BCUT2D eigenvalue weighted by atomic mass is 9.60. The smallest absolute Gasteiger partial charge is 0.339 e. The number of anilines is 2. The van der Waals surface area contributed by atoms with Gasteiger partial charge in [0.05, 0.1) is 18.8 Å². The molecule has 1 amide bonds. The van der Waals surface area contributed by atoms with Crippen molar-refractivity contribution in [3.8, 4) is 0 Å². The zero-order valence-electron chi connectivity index (χ0n) is 22.7. The molecule has 0 bridgehead atoms. The lowest BCUT2D eigenvalue weighted by molar-refractivity contribution is -0.140. The maximum absolute atomic E-state index is 14.1. The average molecular weight is 564 g/mol. The van der Waals surface area contributed by atoms with Gasteiger partial charge in [0.1, 0.15) is 16.8 Å². The van der Waals surface area contributed by atoms with Gasteiger partial charge in [-0.3, -0.25) is 14.5 Å². The Morgan fingerprint density at radius 1 is 1.00 bits per heavy atom. The number of amides is 1. The van der Waals surface area contributed by atoms with E-state index in [2.05, 4.69) is 5.32 Å². The van der Waals surface area contributed by atoms with Crippen molar-refractivity contribution in [2.24, 2.45) is 11.1 Å². The number of nitrogens with one attached hydrogen (secondary N) is 1. The highest BCUT2D eigenvalue weighted by Crippen LogP contribution is 2.57. The van der Waals surface area contributed by atoms with Crippen LogP contribution in [0.4, 0.5) is 11.4 Å². The predicted octanol–water partition coefficient (Wildman–Crippen LogP) is 4.60. The second kappa shape index (κ2) is 9.82. The number of hydrogen-bond acceptors (Lipinski definition) is 8. The van der Waals surface area contributed by atoms with Crippen molar-refractivity contribution in [3.63, 3.8) is 0 Å². The van der Waals surface area contributed by atoms with E-state index in [9.17, 15) is 19.2 Å². The standard InChI is InChI=1S/C30H30ClN3O6/c1-5-39-26(36)16-7-10-18(11-8-16)34-21-14-29(3,4)15-22(35)23(21)30(24(25(34)32)27(37)40-6-2)19-13-17(31)9-12-20(19)33-28(30)38/h7-13H,5-6,14-15,32H2,1-4H3,(H,33,38). The molecule has 0 saturated carbocycles. The first-order valence-corrected chi connectivity index (χ1v) is 13.5. The highest BCUT2D eigenvalue weighted by atomic mass is 35.5. The molecule has 10 heteroatoms. The molecule has 1 aliphatic carbocycles. The fourth-order valence-electron chi connectivity index (χ4n) is 5.97. The molecule has 1 atom stereocenters. The van der Waals surface area contributed by atoms with E-state index in [4.69, 9.17) is 26.8 Å². The van der Waals surface area contributed by atoms with Gasteiger partial charge in [0, 0.05) is 39.7 Å². The van der Waals surface area contributed by atoms with Crippen molar-refractivity contribution in [3.05, 3.63) is 81.3 Å². The van der Waals surface area contributed by atoms with Crippen LogP contribution in [0.15, 0.2) is 65.1 Å². The summed E-state index contributed by atoms with van der Waals surface area (Å²) in [5, 5.41) is 3.17. The summed E-state index contributed by atoms with van der Waals surface area (Å²) in [6.45, 7) is 7.55. The number of Topliss-reactive ketones (excluding diaryl/α,β-unsaturated/α-hetero) is 1. The number of allylic oxidation sites excluding steroid dienone is 1. The third-order valence-corrected chi connectivity index (χ3v) is 7.70. The second-order valence-electron chi connectivity index (χ2n) is 10.7. The summed E-state index contributed by atoms with van der Waals surface area (Å²) in [5.41, 5.74) is 6.67. The van der Waals surface area contributed by atoms with Gasteiger partial charge in [-0.2, -0.15) is 0 Å². The maximum atomic E-state index is 14.1. The third-order valence-electron chi connectivity index (χ3n) is 7.46. The summed E-state index contributed by atoms with van der Waals surface area (Å²) < 4.78 is 10.5. The molecule has 5 rings (SSSR count). The fraction of sp³-hybridized carbons (Fsp3) is 0.333. The molecule has 3 aliphatic rings. The molecule has 208 valence electrons. The minimum Gasteiger partial charge on any atom is -0.462 e. The largest absolute Gasteiger partial charge is 0.462 e. The zero-order valence-corrected chi connectivity index (χ0v) is 23.5. The van der Waals surface area contributed by atoms with Crippen LogP contribution in [-0.2, 0) is 29.3 Å². The Kier molecular flexibility index (Phi) is 6.74. The average Bonchev–Trinajstić information content (AvgIpc) is 3.15. The quantitative estimate of drug-likeness (QED) is 0.505. The lowest BCUT2D eigenvalue weighted by Crippen LogP contribution is -2.54. The number of ether oxygens (including phenoxy) is 2. The summed E-state index contributed by atoms with van der Waals surface area (Å²) >= 11 is 6.39. The Hall–Kier alpha value is -4.11. The van der Waals surface area contributed by atoms with Crippen LogP contribution in [0.1, 0.15) is 56.5 Å². The summed E-state index contributed by atoms with van der Waals surface area (Å²) in [4.78, 5) is 55.8. The number of fused-ring (bicyclic) bond motifs is 3. The van der Waals surface area contributed by atoms with Crippen molar-refractivity contribution in [2.45, 2.75) is 46.0 Å². The minimum atomic E-state index is -1.85. The van der Waals surface area contributed by atoms with E-state index in [0.29, 0.717) is 39.6 Å². The van der Waals surface area contributed by atoms with Gasteiger partial charge in [-0.25, -0.2) is 9.59 Å². The van der Waals surface area contributed by atoms with E-state index >= 15 is 0 Å². The highest BCUT2D eigenvalue weighted by Gasteiger charge is 2.63. The zero-order chi connectivity index (χ0) is 29.0. The van der Waals surface area contributed by atoms with Gasteiger partial charge in [-0.05, 0) is 68.1 Å². The number of carbonyl (C=O) groups is 4. The molecule has 0 aromatic heterocycles. The number of rotatable bonds is 5. The molecule has 2 aliphatic heterocycles. The molecule has 2 heterocycles. The monoisotopic (exact) mass is 563 g/mol. The van der Waals surface area contributed by atoms with E-state index in [1.165, 1.54) is 0 Å². The van der Waals surface area contributed by atoms with E-state index in [1.807, 2.05) is 13.8 Å². The molecule has 0 fully saturated rings. The normalized spacial score (nSPS) is 21.3. The Bertz CT molecular complexity index is 1520. The van der Waals surface area contributed by atoms with Gasteiger partial charge in [-0.15, -0.1) is 0 Å². The van der Waals surface area contributed by atoms with Crippen LogP contribution in [0.2, 0.25) is 5.02 Å². The van der Waals surface area contributed by atoms with Gasteiger partial charge in [-0.1, -0.05) is 25.4 Å². The molecule has 1 spiro atoms. The number of esters is 2. The molecule has 0 saturated heterocycles. The summed E-state index contributed by atoms with van der Waals surface area (Å²) in [5.74, 6) is -2.20. The fourth-order valence-corrected chi connectivity index (χ4v) is 6.14. The molecule has 2 aromatic rings. The number of carbonyl (C=O) groups excluding carboxylic acids is 4. The van der Waals surface area contributed by atoms with Crippen LogP contribution in [0.25, 0.3) is 0 Å². The minimum absolute atomic E-state index is 0.0246. The Morgan fingerprint density at radius 3 is 2.30 bits per heavy atom. The number of hydrogen-bond donors (Lipinski definition) is 2. The number of nitrogens with zero attached hydrogens (tertiary/aromatic N) is 1. The molecule has 2 aromatic carbocycles. The van der Waals surface area contributed by atoms with Gasteiger partial charge in [0.25, 0.3) is 0 Å². The summed E-state index contributed by atoms with van der Waals surface area (Å²) in [7, 11) is 0. The Morgan fingerprint density at radius 2 is 1.65 bits per heavy atom. The van der Waals surface area contributed by atoms with Crippen molar-refractivity contribution in [2.75, 3.05) is 23.4 Å². The number of halogens is 1. The third kappa shape index (κ3) is 4.07. The number of benzene rings is 2. The first kappa shape index (κ1) is 27.5. The Labute approximate surface area is 236 Å². The SMILES string of the molecule is CCOC(=O)C1=C(N)N(c2ccc(C(=O)OCC)cc2)C2=C(C(=O)CC(C)(C)C2)C12C(=O)Nc1ccc(Cl)cc12. The molecular weight excluding hydrogens is 534 g/mol. The maximum Gasteiger partial charge on any atom is 0.339 e. The topological polar surface area (TPSA) is 128 Å². The van der Waals surface area contributed by atoms with Crippen molar-refractivity contribution < 1.29 is 28.7 Å². The molecular formula is C30H30ClN3O6. The highest BCUT2D eigenvalue weighted by molar-refractivity contribution is 6.31. The van der Waals surface area contributed by atoms with Crippen LogP contribution in [0.5, 0.6) is 0 Å². The van der Waals surface area contributed by atoms with Crippen molar-refractivity contribution in [1.82, 2.24) is 0 Å². The van der Waals surface area contributed by atoms with Crippen LogP contribution in [0.3, 0.4) is 0 Å². The van der Waals surface area contributed by atoms with Crippen LogP contribution >= 0.6 is 11.6 Å². The van der Waals surface area contributed by atoms with Gasteiger partial charge in [0.2, 0.25) is 5.91 Å². The lowest BCUT2D eigenvalue weighted by Gasteiger charge is -2.47. The van der Waals surface area contributed by atoms with Crippen molar-refractivity contribution in [1.29, 1.82) is 0 Å². The predicted molar refractivity (Wildman–Crippen MR) is 150 cm³/mol. The van der Waals surface area contributed by atoms with E-state index in [0.717, 1.165) is 0 Å². The molecule has 40 heavy (non-hydrogen) atoms. The molecule has 0 radical (unpaired) electrons. The number of nitrogens with two attached hydrogens (primary N) is 1. The van der Waals surface area contributed by atoms with E-state index in [-0.39, 0.29) is 42.4 Å². The Balaban J connectivity index is 1.84. The van der Waals surface area contributed by atoms with Gasteiger partial charge in [0.15, 0.2) is 5.78 Å². The summed E-state index contributed by atoms with van der Waals surface area (Å²) in [6.07, 6.45) is 0.540. The van der Waals surface area contributed by atoms with Crippen LogP contribution < -0.4 is 16.0 Å². The second-order valence-corrected chi connectivity index (χ2v) is 11.2. The first-order chi connectivity index (χ1) is 19.0. The van der Waals surface area contributed by atoms with E-state index < -0.39 is 28.7 Å². The summed E-state index contributed by atoms with van der Waals surface area (Å²) in [6, 6.07) is 11.3. The van der Waals surface area contributed by atoms with Crippen LogP contribution in [-0.4, -0.2) is 36.8 Å². The van der Waals surface area contributed by atoms with Gasteiger partial charge < -0.3 is 20.5 Å². The van der Waals surface area contributed by atoms with Crippen molar-refractivity contribution >= 4 is 46.6 Å². The molecule has 1 unspecified atom stereocenters. The first-order valence-electron chi connectivity index (χ1n) is 13.1. The molecule has 3 N–H and O–H groups in total. The van der Waals surface area contributed by atoms with E-state index in [1.54, 1.807) is 61.2 Å². The van der Waals surface area contributed by atoms with Gasteiger partial charge >= 0.3 is 11.9 Å².